The average Bonchev–Trinajstić information content (AvgIpc) is 3.59. The standard InChI is InChI=1S/C26H25ClN4O4/c27-20-10-8-18(9-11-20)21-15-22(23-6-4-14-34-23)31(29-21)25(32)17-35-26(33)19-5-3-13-30(16-19)24-7-1-2-12-28-24/h1-2,4,6-12,14,19,22H,3,5,13,15-17H2/t19-,22+/m0/s1. The molecule has 3 aromatic rings. The molecule has 9 heteroatoms. The fourth-order valence-corrected chi connectivity index (χ4v) is 4.62. The molecule has 0 unspecified atom stereocenters. The van der Waals surface area contributed by atoms with E-state index in [-0.39, 0.29) is 18.5 Å². The second-order valence-corrected chi connectivity index (χ2v) is 9.04. The van der Waals surface area contributed by atoms with Crippen LogP contribution in [0.15, 0.2) is 76.6 Å². The summed E-state index contributed by atoms with van der Waals surface area (Å²) in [4.78, 5) is 32.4. The van der Waals surface area contributed by atoms with Crippen LogP contribution in [0.2, 0.25) is 5.02 Å². The zero-order valence-corrected chi connectivity index (χ0v) is 19.8. The molecule has 2 aliphatic rings. The number of benzene rings is 1. The molecule has 0 N–H and O–H groups in total. The quantitative estimate of drug-likeness (QED) is 0.472. The van der Waals surface area contributed by atoms with Crippen molar-refractivity contribution in [2.24, 2.45) is 11.0 Å². The molecule has 180 valence electrons. The third kappa shape index (κ3) is 5.22. The summed E-state index contributed by atoms with van der Waals surface area (Å²) in [5, 5.41) is 6.54. The molecule has 0 bridgehead atoms. The molecular weight excluding hydrogens is 468 g/mol. The third-order valence-electron chi connectivity index (χ3n) is 6.28. The molecule has 1 amide bonds. The van der Waals surface area contributed by atoms with Crippen molar-refractivity contribution in [2.45, 2.75) is 25.3 Å². The molecule has 1 aromatic carbocycles. The molecule has 1 fully saturated rings. The topological polar surface area (TPSA) is 88.2 Å². The number of piperidine rings is 1. The number of rotatable bonds is 6. The molecule has 2 aliphatic heterocycles. The number of anilines is 1. The fraction of sp³-hybridized carbons (Fsp3) is 0.308. The number of furan rings is 1. The Labute approximate surface area is 208 Å². The van der Waals surface area contributed by atoms with Gasteiger partial charge in [-0.25, -0.2) is 9.99 Å². The van der Waals surface area contributed by atoms with Crippen molar-refractivity contribution in [1.82, 2.24) is 9.99 Å². The second-order valence-electron chi connectivity index (χ2n) is 8.61. The van der Waals surface area contributed by atoms with Gasteiger partial charge in [0, 0.05) is 30.7 Å². The minimum absolute atomic E-state index is 0.314. The lowest BCUT2D eigenvalue weighted by Gasteiger charge is -2.32. The maximum Gasteiger partial charge on any atom is 0.311 e. The Morgan fingerprint density at radius 2 is 1.97 bits per heavy atom. The van der Waals surface area contributed by atoms with Crippen molar-refractivity contribution in [3.8, 4) is 0 Å². The van der Waals surface area contributed by atoms with E-state index in [0.717, 1.165) is 30.1 Å². The Balaban J connectivity index is 1.25. The monoisotopic (exact) mass is 492 g/mol. The van der Waals surface area contributed by atoms with E-state index in [1.807, 2.05) is 36.4 Å². The molecule has 0 radical (unpaired) electrons. The molecule has 4 heterocycles. The van der Waals surface area contributed by atoms with Crippen LogP contribution in [0.1, 0.15) is 36.6 Å². The van der Waals surface area contributed by atoms with Gasteiger partial charge in [-0.2, -0.15) is 5.10 Å². The Bertz CT molecular complexity index is 1200. The summed E-state index contributed by atoms with van der Waals surface area (Å²) in [6, 6.07) is 16.2. The van der Waals surface area contributed by atoms with E-state index in [0.29, 0.717) is 30.2 Å². The van der Waals surface area contributed by atoms with Gasteiger partial charge in [0.1, 0.15) is 17.6 Å². The molecule has 2 atom stereocenters. The second kappa shape index (κ2) is 10.3. The Morgan fingerprint density at radius 1 is 1.11 bits per heavy atom. The van der Waals surface area contributed by atoms with Gasteiger partial charge in [0.25, 0.3) is 5.91 Å². The number of ether oxygens (including phenoxy) is 1. The maximum absolute atomic E-state index is 13.1. The van der Waals surface area contributed by atoms with E-state index in [1.165, 1.54) is 5.01 Å². The number of esters is 1. The first kappa shape index (κ1) is 23.1. The minimum Gasteiger partial charge on any atom is -0.467 e. The number of hydrazone groups is 1. The zero-order chi connectivity index (χ0) is 24.2. The van der Waals surface area contributed by atoms with Crippen molar-refractivity contribution in [2.75, 3.05) is 24.6 Å². The number of aromatic nitrogens is 1. The highest BCUT2D eigenvalue weighted by Gasteiger charge is 2.36. The summed E-state index contributed by atoms with van der Waals surface area (Å²) in [7, 11) is 0. The van der Waals surface area contributed by atoms with Crippen molar-refractivity contribution in [3.05, 3.63) is 83.4 Å². The van der Waals surface area contributed by atoms with Gasteiger partial charge in [-0.3, -0.25) is 9.59 Å². The predicted octanol–water partition coefficient (Wildman–Crippen LogP) is 4.47. The van der Waals surface area contributed by atoms with E-state index >= 15 is 0 Å². The number of carbonyl (C=O) groups excluding carboxylic acids is 2. The van der Waals surface area contributed by atoms with Crippen LogP contribution in [-0.2, 0) is 14.3 Å². The van der Waals surface area contributed by atoms with Crippen molar-refractivity contribution < 1.29 is 18.7 Å². The van der Waals surface area contributed by atoms with Crippen molar-refractivity contribution in [3.63, 3.8) is 0 Å². The summed E-state index contributed by atoms with van der Waals surface area (Å²) in [6.07, 6.45) is 5.35. The van der Waals surface area contributed by atoms with Gasteiger partial charge in [-0.1, -0.05) is 29.8 Å². The van der Waals surface area contributed by atoms with Crippen LogP contribution in [0, 0.1) is 5.92 Å². The van der Waals surface area contributed by atoms with Crippen LogP contribution in [-0.4, -0.2) is 47.3 Å². The van der Waals surface area contributed by atoms with Crippen LogP contribution in [0.4, 0.5) is 5.82 Å². The Hall–Kier alpha value is -3.65. The van der Waals surface area contributed by atoms with E-state index in [4.69, 9.17) is 20.8 Å². The van der Waals surface area contributed by atoms with E-state index < -0.39 is 11.9 Å². The number of halogens is 1. The predicted molar refractivity (Wildman–Crippen MR) is 131 cm³/mol. The number of pyridine rings is 1. The molecule has 1 saturated heterocycles. The maximum atomic E-state index is 13.1. The summed E-state index contributed by atoms with van der Waals surface area (Å²) in [5.41, 5.74) is 1.61. The van der Waals surface area contributed by atoms with Crippen molar-refractivity contribution in [1.29, 1.82) is 0 Å². The molecule has 8 nitrogen and oxygen atoms in total. The molecule has 35 heavy (non-hydrogen) atoms. The first-order valence-electron chi connectivity index (χ1n) is 11.6. The van der Waals surface area contributed by atoms with E-state index in [9.17, 15) is 9.59 Å². The highest BCUT2D eigenvalue weighted by atomic mass is 35.5. The van der Waals surface area contributed by atoms with Crippen LogP contribution < -0.4 is 4.90 Å². The van der Waals surface area contributed by atoms with Crippen molar-refractivity contribution >= 4 is 35.0 Å². The summed E-state index contributed by atoms with van der Waals surface area (Å²) in [5.74, 6) is 0.362. The van der Waals surface area contributed by atoms with Gasteiger partial charge < -0.3 is 14.1 Å². The van der Waals surface area contributed by atoms with Gasteiger partial charge in [0.15, 0.2) is 6.61 Å². The lowest BCUT2D eigenvalue weighted by Crippen LogP contribution is -2.40. The van der Waals surface area contributed by atoms with Gasteiger partial charge in [-0.05, 0) is 54.8 Å². The molecule has 2 aromatic heterocycles. The Morgan fingerprint density at radius 3 is 2.71 bits per heavy atom. The summed E-state index contributed by atoms with van der Waals surface area (Å²) in [6.45, 7) is 0.968. The summed E-state index contributed by atoms with van der Waals surface area (Å²) >= 11 is 6.01. The number of hydrogen-bond acceptors (Lipinski definition) is 7. The largest absolute Gasteiger partial charge is 0.467 e. The van der Waals surface area contributed by atoms with Crippen LogP contribution in [0.25, 0.3) is 0 Å². The van der Waals surface area contributed by atoms with Gasteiger partial charge in [0.2, 0.25) is 0 Å². The van der Waals surface area contributed by atoms with E-state index in [2.05, 4.69) is 15.0 Å². The SMILES string of the molecule is O=C(OCC(=O)N1N=C(c2ccc(Cl)cc2)C[C@@H]1c1ccco1)[C@H]1CCCN(c2ccccn2)C1. The lowest BCUT2D eigenvalue weighted by molar-refractivity contribution is -0.156. The number of hydrogen-bond donors (Lipinski definition) is 0. The normalized spacial score (nSPS) is 20.0. The van der Waals surface area contributed by atoms with Gasteiger partial charge in [0.05, 0.1) is 17.9 Å². The zero-order valence-electron chi connectivity index (χ0n) is 19.0. The summed E-state index contributed by atoms with van der Waals surface area (Å²) < 4.78 is 11.0. The fourth-order valence-electron chi connectivity index (χ4n) is 4.49. The van der Waals surface area contributed by atoms with Crippen LogP contribution in [0.5, 0.6) is 0 Å². The molecule has 0 spiro atoms. The molecule has 0 saturated carbocycles. The third-order valence-corrected chi connectivity index (χ3v) is 6.53. The molecule has 5 rings (SSSR count). The van der Waals surface area contributed by atoms with Gasteiger partial charge >= 0.3 is 5.97 Å². The highest BCUT2D eigenvalue weighted by molar-refractivity contribution is 6.30. The Kier molecular flexibility index (Phi) is 6.81. The minimum atomic E-state index is -0.406. The number of carbonyl (C=O) groups is 2. The van der Waals surface area contributed by atoms with Gasteiger partial charge in [-0.15, -0.1) is 0 Å². The molecule has 0 aliphatic carbocycles. The first-order valence-corrected chi connectivity index (χ1v) is 12.0. The van der Waals surface area contributed by atoms with E-state index in [1.54, 1.807) is 30.7 Å². The number of amides is 1. The highest BCUT2D eigenvalue weighted by Crippen LogP contribution is 2.33. The first-order chi connectivity index (χ1) is 17.1. The smallest absolute Gasteiger partial charge is 0.311 e. The molecular formula is C26H25ClN4O4. The average molecular weight is 493 g/mol. The van der Waals surface area contributed by atoms with Crippen LogP contribution in [0.3, 0.4) is 0 Å². The van der Waals surface area contributed by atoms with Crippen LogP contribution >= 0.6 is 11.6 Å². The number of nitrogens with zero attached hydrogens (tertiary/aromatic N) is 4. The lowest BCUT2D eigenvalue weighted by atomic mass is 9.98.